The van der Waals surface area contributed by atoms with Gasteiger partial charge in [-0.15, -0.1) is 0 Å². The van der Waals surface area contributed by atoms with Crippen LogP contribution in [0.15, 0.2) is 24.4 Å². The van der Waals surface area contributed by atoms with E-state index in [2.05, 4.69) is 15.0 Å². The van der Waals surface area contributed by atoms with Gasteiger partial charge in [0.1, 0.15) is 5.60 Å². The fourth-order valence-corrected chi connectivity index (χ4v) is 1.34. The minimum absolute atomic E-state index is 0.389. The van der Waals surface area contributed by atoms with Crippen molar-refractivity contribution >= 4 is 12.1 Å². The summed E-state index contributed by atoms with van der Waals surface area (Å²) < 4.78 is 9.75. The first kappa shape index (κ1) is 14.9. The van der Waals surface area contributed by atoms with Gasteiger partial charge in [-0.25, -0.2) is 9.59 Å². The minimum Gasteiger partial charge on any atom is -0.467 e. The molecule has 104 valence electrons. The Balaban J connectivity index is 2.83. The second-order valence-corrected chi connectivity index (χ2v) is 4.86. The van der Waals surface area contributed by atoms with Crippen LogP contribution in [0, 0.1) is 0 Å². The molecule has 6 heteroatoms. The van der Waals surface area contributed by atoms with Crippen molar-refractivity contribution in [3.63, 3.8) is 0 Å². The summed E-state index contributed by atoms with van der Waals surface area (Å²) in [5.41, 5.74) is -0.255. The molecule has 0 aliphatic heterocycles. The van der Waals surface area contributed by atoms with Gasteiger partial charge in [0, 0.05) is 6.20 Å². The Kier molecular flexibility index (Phi) is 4.86. The molecule has 0 radical (unpaired) electrons. The van der Waals surface area contributed by atoms with Gasteiger partial charge >= 0.3 is 12.1 Å². The summed E-state index contributed by atoms with van der Waals surface area (Å²) >= 11 is 0. The second kappa shape index (κ2) is 6.17. The van der Waals surface area contributed by atoms with Gasteiger partial charge in [-0.3, -0.25) is 4.98 Å². The van der Waals surface area contributed by atoms with Gasteiger partial charge in [-0.05, 0) is 32.9 Å². The zero-order chi connectivity index (χ0) is 14.5. The molecule has 1 heterocycles. The molecule has 1 unspecified atom stereocenters. The average Bonchev–Trinajstić information content (AvgIpc) is 2.34. The molecular weight excluding hydrogens is 248 g/mol. The number of amides is 1. The van der Waals surface area contributed by atoms with Crippen LogP contribution >= 0.6 is 0 Å². The van der Waals surface area contributed by atoms with E-state index < -0.39 is 23.7 Å². The summed E-state index contributed by atoms with van der Waals surface area (Å²) in [6, 6.07) is 4.07. The summed E-state index contributed by atoms with van der Waals surface area (Å²) in [6.07, 6.45) is 0.829. The number of hydrogen-bond donors (Lipinski definition) is 1. The summed E-state index contributed by atoms with van der Waals surface area (Å²) in [5, 5.41) is 2.44. The molecule has 6 nitrogen and oxygen atoms in total. The molecule has 0 bridgehead atoms. The van der Waals surface area contributed by atoms with Crippen molar-refractivity contribution in [3.8, 4) is 0 Å². The number of pyridine rings is 1. The third-order valence-electron chi connectivity index (χ3n) is 2.08. The van der Waals surface area contributed by atoms with E-state index in [1.807, 2.05) is 0 Å². The molecule has 1 rings (SSSR count). The van der Waals surface area contributed by atoms with Crippen molar-refractivity contribution < 1.29 is 19.1 Å². The zero-order valence-electron chi connectivity index (χ0n) is 11.5. The standard InChI is InChI=1S/C13H18N2O4/c1-13(2,3)19-12(17)15-10(11(16)18-4)9-7-5-6-8-14-9/h5-8,10H,1-4H3,(H,15,17). The first-order valence-electron chi connectivity index (χ1n) is 5.82. The maximum absolute atomic E-state index is 11.7. The van der Waals surface area contributed by atoms with Crippen molar-refractivity contribution in [1.82, 2.24) is 10.3 Å². The van der Waals surface area contributed by atoms with Crippen molar-refractivity contribution in [3.05, 3.63) is 30.1 Å². The smallest absolute Gasteiger partial charge is 0.408 e. The van der Waals surface area contributed by atoms with Gasteiger partial charge in [0.15, 0.2) is 6.04 Å². The third-order valence-corrected chi connectivity index (χ3v) is 2.08. The fraction of sp³-hybridized carbons (Fsp3) is 0.462. The van der Waals surface area contributed by atoms with Gasteiger partial charge in [-0.1, -0.05) is 6.07 Å². The number of rotatable bonds is 3. The number of esters is 1. The Labute approximate surface area is 112 Å². The van der Waals surface area contributed by atoms with Gasteiger partial charge in [0.05, 0.1) is 12.8 Å². The Morgan fingerprint density at radius 1 is 1.32 bits per heavy atom. The van der Waals surface area contributed by atoms with Crippen LogP contribution in [-0.2, 0) is 14.3 Å². The average molecular weight is 266 g/mol. The van der Waals surface area contributed by atoms with E-state index in [9.17, 15) is 9.59 Å². The first-order valence-corrected chi connectivity index (χ1v) is 5.82. The van der Waals surface area contributed by atoms with Gasteiger partial charge in [-0.2, -0.15) is 0 Å². The van der Waals surface area contributed by atoms with Gasteiger partial charge in [0.25, 0.3) is 0 Å². The van der Waals surface area contributed by atoms with Crippen LogP contribution in [0.5, 0.6) is 0 Å². The van der Waals surface area contributed by atoms with Crippen LogP contribution in [0.2, 0.25) is 0 Å². The maximum atomic E-state index is 11.7. The predicted octanol–water partition coefficient (Wildman–Crippen LogP) is 1.82. The molecular formula is C13H18N2O4. The number of hydrogen-bond acceptors (Lipinski definition) is 5. The lowest BCUT2D eigenvalue weighted by Crippen LogP contribution is -2.38. The molecule has 1 aromatic rings. The molecule has 0 aliphatic carbocycles. The summed E-state index contributed by atoms with van der Waals surface area (Å²) in [6.45, 7) is 5.21. The summed E-state index contributed by atoms with van der Waals surface area (Å²) in [4.78, 5) is 27.4. The number of carbonyl (C=O) groups is 2. The molecule has 0 spiro atoms. The lowest BCUT2D eigenvalue weighted by atomic mass is 10.2. The molecule has 0 fully saturated rings. The first-order chi connectivity index (χ1) is 8.83. The molecule has 0 saturated heterocycles. The molecule has 1 amide bonds. The number of methoxy groups -OCH3 is 1. The molecule has 0 aliphatic rings. The highest BCUT2D eigenvalue weighted by molar-refractivity contribution is 5.82. The normalized spacial score (nSPS) is 12.4. The Hall–Kier alpha value is -2.11. The summed E-state index contributed by atoms with van der Waals surface area (Å²) in [5.74, 6) is -0.607. The van der Waals surface area contributed by atoms with Crippen LogP contribution < -0.4 is 5.32 Å². The van der Waals surface area contributed by atoms with E-state index in [0.717, 1.165) is 0 Å². The third kappa shape index (κ3) is 4.95. The maximum Gasteiger partial charge on any atom is 0.408 e. The largest absolute Gasteiger partial charge is 0.467 e. The van der Waals surface area contributed by atoms with Crippen LogP contribution in [-0.4, -0.2) is 29.8 Å². The van der Waals surface area contributed by atoms with Crippen molar-refractivity contribution in [2.24, 2.45) is 0 Å². The van der Waals surface area contributed by atoms with Gasteiger partial charge in [0.2, 0.25) is 0 Å². The van der Waals surface area contributed by atoms with Crippen LogP contribution in [0.4, 0.5) is 4.79 Å². The SMILES string of the molecule is COC(=O)C(NC(=O)OC(C)(C)C)c1ccccn1. The molecule has 19 heavy (non-hydrogen) atoms. The monoisotopic (exact) mass is 266 g/mol. The highest BCUT2D eigenvalue weighted by atomic mass is 16.6. The predicted molar refractivity (Wildman–Crippen MR) is 68.4 cm³/mol. The lowest BCUT2D eigenvalue weighted by Gasteiger charge is -2.22. The molecule has 1 aromatic heterocycles. The van der Waals surface area contributed by atoms with E-state index in [1.54, 1.807) is 39.0 Å². The van der Waals surface area contributed by atoms with Gasteiger partial charge < -0.3 is 14.8 Å². The van der Waals surface area contributed by atoms with E-state index >= 15 is 0 Å². The number of carbonyl (C=O) groups excluding carboxylic acids is 2. The number of alkyl carbamates (subject to hydrolysis) is 1. The van der Waals surface area contributed by atoms with Crippen LogP contribution in [0.25, 0.3) is 0 Å². The van der Waals surface area contributed by atoms with E-state index in [0.29, 0.717) is 5.69 Å². The highest BCUT2D eigenvalue weighted by Crippen LogP contribution is 2.13. The Bertz CT molecular complexity index is 440. The summed E-state index contributed by atoms with van der Waals surface area (Å²) in [7, 11) is 1.25. The number of aromatic nitrogens is 1. The Morgan fingerprint density at radius 2 is 2.00 bits per heavy atom. The van der Waals surface area contributed by atoms with Crippen LogP contribution in [0.1, 0.15) is 32.5 Å². The Morgan fingerprint density at radius 3 is 2.47 bits per heavy atom. The lowest BCUT2D eigenvalue weighted by molar-refractivity contribution is -0.143. The molecule has 0 saturated carbocycles. The van der Waals surface area contributed by atoms with Crippen molar-refractivity contribution in [1.29, 1.82) is 0 Å². The zero-order valence-corrected chi connectivity index (χ0v) is 11.5. The highest BCUT2D eigenvalue weighted by Gasteiger charge is 2.27. The number of nitrogens with zero attached hydrogens (tertiary/aromatic N) is 1. The topological polar surface area (TPSA) is 77.5 Å². The minimum atomic E-state index is -0.985. The van der Waals surface area contributed by atoms with Crippen molar-refractivity contribution in [2.75, 3.05) is 7.11 Å². The van der Waals surface area contributed by atoms with E-state index in [-0.39, 0.29) is 0 Å². The van der Waals surface area contributed by atoms with E-state index in [4.69, 9.17) is 4.74 Å². The second-order valence-electron chi connectivity index (χ2n) is 4.86. The molecule has 1 atom stereocenters. The van der Waals surface area contributed by atoms with E-state index in [1.165, 1.54) is 13.3 Å². The molecule has 1 N–H and O–H groups in total. The van der Waals surface area contributed by atoms with Crippen LogP contribution in [0.3, 0.4) is 0 Å². The molecule has 0 aromatic carbocycles. The number of nitrogens with one attached hydrogen (secondary N) is 1. The number of ether oxygens (including phenoxy) is 2. The quantitative estimate of drug-likeness (QED) is 0.844. The fourth-order valence-electron chi connectivity index (χ4n) is 1.34. The van der Waals surface area contributed by atoms with Crippen molar-refractivity contribution in [2.45, 2.75) is 32.4 Å².